The largest absolute Gasteiger partial charge is 0.0651 e. The van der Waals surface area contributed by atoms with E-state index in [9.17, 15) is 0 Å². The van der Waals surface area contributed by atoms with Crippen LogP contribution in [0.15, 0.2) is 0 Å². The summed E-state index contributed by atoms with van der Waals surface area (Å²) in [7, 11) is 0. The van der Waals surface area contributed by atoms with Crippen molar-refractivity contribution in [3.63, 3.8) is 0 Å². The Bertz CT molecular complexity index is 240. The van der Waals surface area contributed by atoms with Crippen LogP contribution in [0.1, 0.15) is 66.7 Å². The van der Waals surface area contributed by atoms with Gasteiger partial charge in [-0.05, 0) is 60.7 Å². The highest BCUT2D eigenvalue weighted by atomic mass is 14.5. The van der Waals surface area contributed by atoms with Gasteiger partial charge in [0.1, 0.15) is 0 Å². The van der Waals surface area contributed by atoms with Crippen LogP contribution >= 0.6 is 0 Å². The van der Waals surface area contributed by atoms with E-state index in [1.165, 1.54) is 32.1 Å². The van der Waals surface area contributed by atoms with E-state index in [-0.39, 0.29) is 0 Å². The maximum Gasteiger partial charge on any atom is -0.0303 e. The molecule has 3 unspecified atom stereocenters. The van der Waals surface area contributed by atoms with Crippen molar-refractivity contribution in [1.29, 1.82) is 0 Å². The Hall–Kier alpha value is 0. The lowest BCUT2D eigenvalue weighted by Crippen LogP contribution is -2.46. The molecule has 0 N–H and O–H groups in total. The fourth-order valence-corrected chi connectivity index (χ4v) is 4.93. The lowest BCUT2D eigenvalue weighted by atomic mass is 9.51. The highest BCUT2D eigenvalue weighted by Gasteiger charge is 2.48. The predicted octanol–water partition coefficient (Wildman–Crippen LogP) is 5.13. The normalized spacial score (nSPS) is 47.4. The third-order valence-corrected chi connectivity index (χ3v) is 5.75. The van der Waals surface area contributed by atoms with Crippen molar-refractivity contribution in [2.24, 2.45) is 35.0 Å². The Balaban J connectivity index is 2.25. The van der Waals surface area contributed by atoms with E-state index in [0.29, 0.717) is 5.41 Å². The van der Waals surface area contributed by atoms with Gasteiger partial charge in [-0.15, -0.1) is 0 Å². The molecule has 0 aromatic rings. The second-order valence-electron chi connectivity index (χ2n) is 7.44. The zero-order chi connectivity index (χ0) is 11.9. The van der Waals surface area contributed by atoms with Gasteiger partial charge in [-0.25, -0.2) is 0 Å². The van der Waals surface area contributed by atoms with E-state index in [1.807, 2.05) is 0 Å². The maximum atomic E-state index is 2.54. The van der Waals surface area contributed by atoms with Crippen LogP contribution in [-0.2, 0) is 0 Å². The molecule has 0 aromatic carbocycles. The van der Waals surface area contributed by atoms with Crippen LogP contribution < -0.4 is 0 Å². The van der Waals surface area contributed by atoms with Gasteiger partial charge >= 0.3 is 0 Å². The SMILES string of the molecule is CC[C@H]1CC(C)CC2C1C(C)(C)CC[C@@H]2C. The molecule has 16 heavy (non-hydrogen) atoms. The lowest BCUT2D eigenvalue weighted by Gasteiger charge is -2.55. The minimum Gasteiger partial charge on any atom is -0.0651 e. The summed E-state index contributed by atoms with van der Waals surface area (Å²) in [6.07, 6.45) is 7.33. The highest BCUT2D eigenvalue weighted by molar-refractivity contribution is 4.97. The molecule has 0 spiro atoms. The average molecular weight is 222 g/mol. The van der Waals surface area contributed by atoms with E-state index in [1.54, 1.807) is 0 Å². The first-order chi connectivity index (χ1) is 7.45. The summed E-state index contributed by atoms with van der Waals surface area (Å²) in [5, 5.41) is 0. The molecule has 0 heterocycles. The minimum absolute atomic E-state index is 0.609. The third kappa shape index (κ3) is 2.05. The van der Waals surface area contributed by atoms with Gasteiger partial charge in [-0.3, -0.25) is 0 Å². The molecule has 0 radical (unpaired) electrons. The monoisotopic (exact) mass is 222 g/mol. The molecule has 94 valence electrons. The Kier molecular flexibility index (Phi) is 3.39. The van der Waals surface area contributed by atoms with Gasteiger partial charge in [0.15, 0.2) is 0 Å². The van der Waals surface area contributed by atoms with Crippen molar-refractivity contribution in [2.75, 3.05) is 0 Å². The number of hydrogen-bond acceptors (Lipinski definition) is 0. The molecule has 2 saturated carbocycles. The van der Waals surface area contributed by atoms with Crippen molar-refractivity contribution in [2.45, 2.75) is 66.7 Å². The molecule has 5 atom stereocenters. The van der Waals surface area contributed by atoms with Gasteiger partial charge in [0.25, 0.3) is 0 Å². The van der Waals surface area contributed by atoms with Gasteiger partial charge in [-0.1, -0.05) is 41.0 Å². The van der Waals surface area contributed by atoms with Crippen LogP contribution in [0, 0.1) is 35.0 Å². The van der Waals surface area contributed by atoms with E-state index < -0.39 is 0 Å². The summed E-state index contributed by atoms with van der Waals surface area (Å²) in [6, 6.07) is 0. The Morgan fingerprint density at radius 1 is 1.12 bits per heavy atom. The molecule has 0 bridgehead atoms. The topological polar surface area (TPSA) is 0 Å². The van der Waals surface area contributed by atoms with Crippen LogP contribution in [0.25, 0.3) is 0 Å². The van der Waals surface area contributed by atoms with Crippen molar-refractivity contribution in [3.8, 4) is 0 Å². The fourth-order valence-electron chi connectivity index (χ4n) is 4.93. The van der Waals surface area contributed by atoms with E-state index in [0.717, 1.165) is 29.6 Å². The number of rotatable bonds is 1. The minimum atomic E-state index is 0.609. The summed E-state index contributed by atoms with van der Waals surface area (Å²) in [5.41, 5.74) is 0.609. The molecule has 0 heteroatoms. The molecule has 2 aliphatic rings. The Labute approximate surface area is 102 Å². The van der Waals surface area contributed by atoms with E-state index in [2.05, 4.69) is 34.6 Å². The number of hydrogen-bond donors (Lipinski definition) is 0. The standard InChI is InChI=1S/C16H30/c1-6-13-9-11(2)10-14-12(3)7-8-16(4,5)15(13)14/h11-15H,6-10H2,1-5H3/t11?,12-,13-,14?,15?/m0/s1. The molecule has 2 fully saturated rings. The molecular formula is C16H30. The molecular weight excluding hydrogens is 192 g/mol. The Morgan fingerprint density at radius 2 is 1.81 bits per heavy atom. The van der Waals surface area contributed by atoms with Gasteiger partial charge in [0.2, 0.25) is 0 Å². The van der Waals surface area contributed by atoms with Crippen LogP contribution in [0.5, 0.6) is 0 Å². The molecule has 0 saturated heterocycles. The third-order valence-electron chi connectivity index (χ3n) is 5.75. The number of fused-ring (bicyclic) bond motifs is 1. The summed E-state index contributed by atoms with van der Waals surface area (Å²) < 4.78 is 0. The first-order valence-electron chi connectivity index (χ1n) is 7.45. The van der Waals surface area contributed by atoms with Gasteiger partial charge < -0.3 is 0 Å². The van der Waals surface area contributed by atoms with E-state index in [4.69, 9.17) is 0 Å². The summed E-state index contributed by atoms with van der Waals surface area (Å²) in [4.78, 5) is 0. The average Bonchev–Trinajstić information content (AvgIpc) is 2.22. The van der Waals surface area contributed by atoms with Crippen LogP contribution in [-0.4, -0.2) is 0 Å². The molecule has 0 aliphatic heterocycles. The first-order valence-corrected chi connectivity index (χ1v) is 7.45. The molecule has 0 nitrogen and oxygen atoms in total. The quantitative estimate of drug-likeness (QED) is 0.577. The molecule has 0 amide bonds. The van der Waals surface area contributed by atoms with Gasteiger partial charge in [0, 0.05) is 0 Å². The van der Waals surface area contributed by atoms with Crippen LogP contribution in [0.4, 0.5) is 0 Å². The predicted molar refractivity (Wildman–Crippen MR) is 71.3 cm³/mol. The van der Waals surface area contributed by atoms with Crippen LogP contribution in [0.2, 0.25) is 0 Å². The highest BCUT2D eigenvalue weighted by Crippen LogP contribution is 2.56. The zero-order valence-corrected chi connectivity index (χ0v) is 11.9. The molecule has 2 rings (SSSR count). The Morgan fingerprint density at radius 3 is 2.44 bits per heavy atom. The van der Waals surface area contributed by atoms with Gasteiger partial charge in [-0.2, -0.15) is 0 Å². The fraction of sp³-hybridized carbons (Fsp3) is 1.00. The van der Waals surface area contributed by atoms with Crippen LogP contribution in [0.3, 0.4) is 0 Å². The second kappa shape index (κ2) is 4.35. The van der Waals surface area contributed by atoms with Gasteiger partial charge in [0.05, 0.1) is 0 Å². The van der Waals surface area contributed by atoms with Crippen molar-refractivity contribution >= 4 is 0 Å². The second-order valence-corrected chi connectivity index (χ2v) is 7.44. The smallest absolute Gasteiger partial charge is 0.0303 e. The zero-order valence-electron chi connectivity index (χ0n) is 11.9. The summed E-state index contributed by atoms with van der Waals surface area (Å²) in [6.45, 7) is 12.5. The maximum absolute atomic E-state index is 2.54. The summed E-state index contributed by atoms with van der Waals surface area (Å²) in [5.74, 6) is 5.00. The molecule has 0 aromatic heterocycles. The first kappa shape index (κ1) is 12.5. The molecule has 2 aliphatic carbocycles. The van der Waals surface area contributed by atoms with Crippen molar-refractivity contribution in [1.82, 2.24) is 0 Å². The van der Waals surface area contributed by atoms with Crippen molar-refractivity contribution in [3.05, 3.63) is 0 Å². The lowest BCUT2D eigenvalue weighted by molar-refractivity contribution is -0.0523. The van der Waals surface area contributed by atoms with Crippen molar-refractivity contribution < 1.29 is 0 Å². The van der Waals surface area contributed by atoms with E-state index >= 15 is 0 Å². The summed E-state index contributed by atoms with van der Waals surface area (Å²) >= 11 is 0.